The van der Waals surface area contributed by atoms with Gasteiger partial charge in [0.05, 0.1) is 0 Å². The lowest BCUT2D eigenvalue weighted by Gasteiger charge is -2.12. The third kappa shape index (κ3) is 4.80. The molecule has 0 unspecified atom stereocenters. The SMILES string of the molecule is CCc1cccc(OCCOc2ccccc2CNC)c1. The maximum atomic E-state index is 5.80. The summed E-state index contributed by atoms with van der Waals surface area (Å²) in [5, 5.41) is 3.14. The predicted molar refractivity (Wildman–Crippen MR) is 86.0 cm³/mol. The monoisotopic (exact) mass is 285 g/mol. The van der Waals surface area contributed by atoms with Crippen molar-refractivity contribution in [1.29, 1.82) is 0 Å². The molecule has 1 N–H and O–H groups in total. The second-order valence-corrected chi connectivity index (χ2v) is 4.84. The highest BCUT2D eigenvalue weighted by Crippen LogP contribution is 2.18. The van der Waals surface area contributed by atoms with Crippen LogP contribution >= 0.6 is 0 Å². The number of ether oxygens (including phenoxy) is 2. The molecule has 3 nitrogen and oxygen atoms in total. The summed E-state index contributed by atoms with van der Waals surface area (Å²) >= 11 is 0. The van der Waals surface area contributed by atoms with E-state index in [1.54, 1.807) is 0 Å². The van der Waals surface area contributed by atoms with Crippen molar-refractivity contribution in [2.75, 3.05) is 20.3 Å². The highest BCUT2D eigenvalue weighted by molar-refractivity contribution is 5.33. The summed E-state index contributed by atoms with van der Waals surface area (Å²) in [4.78, 5) is 0. The molecule has 3 heteroatoms. The zero-order chi connectivity index (χ0) is 14.9. The first-order valence-corrected chi connectivity index (χ1v) is 7.40. The fourth-order valence-electron chi connectivity index (χ4n) is 2.15. The van der Waals surface area contributed by atoms with E-state index in [4.69, 9.17) is 9.47 Å². The molecule has 0 aromatic heterocycles. The molecule has 0 aliphatic rings. The van der Waals surface area contributed by atoms with Crippen molar-refractivity contribution in [3.8, 4) is 11.5 Å². The van der Waals surface area contributed by atoms with Crippen LogP contribution in [-0.4, -0.2) is 20.3 Å². The van der Waals surface area contributed by atoms with E-state index in [1.165, 1.54) is 5.56 Å². The summed E-state index contributed by atoms with van der Waals surface area (Å²) < 4.78 is 11.5. The molecule has 2 aromatic carbocycles. The van der Waals surface area contributed by atoms with Gasteiger partial charge in [-0.05, 0) is 37.2 Å². The Hall–Kier alpha value is -2.00. The highest BCUT2D eigenvalue weighted by atomic mass is 16.5. The minimum absolute atomic E-state index is 0.539. The largest absolute Gasteiger partial charge is 0.490 e. The Morgan fingerprint density at radius 2 is 1.76 bits per heavy atom. The minimum Gasteiger partial charge on any atom is -0.490 e. The van der Waals surface area contributed by atoms with E-state index in [2.05, 4.69) is 30.4 Å². The predicted octanol–water partition coefficient (Wildman–Crippen LogP) is 3.43. The van der Waals surface area contributed by atoms with Crippen molar-refractivity contribution in [2.24, 2.45) is 0 Å². The standard InChI is InChI=1S/C18H23NO2/c1-3-15-7-6-9-17(13-15)20-11-12-21-18-10-5-4-8-16(18)14-19-2/h4-10,13,19H,3,11-12,14H2,1-2H3. The van der Waals surface area contributed by atoms with Gasteiger partial charge in [0.2, 0.25) is 0 Å². The van der Waals surface area contributed by atoms with Crippen LogP contribution in [0.15, 0.2) is 48.5 Å². The van der Waals surface area contributed by atoms with Gasteiger partial charge < -0.3 is 14.8 Å². The lowest BCUT2D eigenvalue weighted by molar-refractivity contribution is 0.215. The summed E-state index contributed by atoms with van der Waals surface area (Å²) in [5.41, 5.74) is 2.45. The van der Waals surface area contributed by atoms with Crippen LogP contribution in [0.4, 0.5) is 0 Å². The van der Waals surface area contributed by atoms with Gasteiger partial charge in [0.15, 0.2) is 0 Å². The Labute approximate surface area is 126 Å². The van der Waals surface area contributed by atoms with Crippen molar-refractivity contribution in [1.82, 2.24) is 5.32 Å². The van der Waals surface area contributed by atoms with Crippen LogP contribution in [0, 0.1) is 0 Å². The molecule has 0 heterocycles. The summed E-state index contributed by atoms with van der Waals surface area (Å²) in [7, 11) is 1.93. The average Bonchev–Trinajstić information content (AvgIpc) is 2.53. The molecule has 0 aliphatic carbocycles. The van der Waals surface area contributed by atoms with E-state index in [1.807, 2.05) is 37.4 Å². The Kier molecular flexibility index (Phi) is 6.10. The molecule has 0 saturated heterocycles. The van der Waals surface area contributed by atoms with E-state index < -0.39 is 0 Å². The number of hydrogen-bond donors (Lipinski definition) is 1. The van der Waals surface area contributed by atoms with Crippen molar-refractivity contribution in [3.05, 3.63) is 59.7 Å². The van der Waals surface area contributed by atoms with Crippen molar-refractivity contribution < 1.29 is 9.47 Å². The number of hydrogen-bond acceptors (Lipinski definition) is 3. The summed E-state index contributed by atoms with van der Waals surface area (Å²) in [6.07, 6.45) is 1.02. The molecule has 0 fully saturated rings. The average molecular weight is 285 g/mol. The molecule has 0 bridgehead atoms. The molecule has 0 saturated carbocycles. The maximum absolute atomic E-state index is 5.80. The third-order valence-electron chi connectivity index (χ3n) is 3.26. The summed E-state index contributed by atoms with van der Waals surface area (Å²) in [5.74, 6) is 1.82. The van der Waals surface area contributed by atoms with Gasteiger partial charge in [-0.15, -0.1) is 0 Å². The maximum Gasteiger partial charge on any atom is 0.123 e. The first kappa shape index (κ1) is 15.4. The van der Waals surface area contributed by atoms with Gasteiger partial charge >= 0.3 is 0 Å². The summed E-state index contributed by atoms with van der Waals surface area (Å²) in [6.45, 7) is 4.02. The van der Waals surface area contributed by atoms with Gasteiger partial charge in [-0.25, -0.2) is 0 Å². The van der Waals surface area contributed by atoms with Crippen LogP contribution in [0.2, 0.25) is 0 Å². The number of aryl methyl sites for hydroxylation is 1. The van der Waals surface area contributed by atoms with E-state index >= 15 is 0 Å². The second-order valence-electron chi connectivity index (χ2n) is 4.84. The van der Waals surface area contributed by atoms with Crippen LogP contribution in [0.25, 0.3) is 0 Å². The van der Waals surface area contributed by atoms with Gasteiger partial charge in [-0.2, -0.15) is 0 Å². The molecule has 0 radical (unpaired) electrons. The lowest BCUT2D eigenvalue weighted by Crippen LogP contribution is -2.12. The van der Waals surface area contributed by atoms with E-state index in [9.17, 15) is 0 Å². The van der Waals surface area contributed by atoms with Gasteiger partial charge in [0, 0.05) is 12.1 Å². The van der Waals surface area contributed by atoms with Crippen LogP contribution in [-0.2, 0) is 13.0 Å². The highest BCUT2D eigenvalue weighted by Gasteiger charge is 2.02. The first-order chi connectivity index (χ1) is 10.3. The number of nitrogens with one attached hydrogen (secondary N) is 1. The molecular weight excluding hydrogens is 262 g/mol. The van der Waals surface area contributed by atoms with E-state index in [-0.39, 0.29) is 0 Å². The molecule has 21 heavy (non-hydrogen) atoms. The van der Waals surface area contributed by atoms with Crippen molar-refractivity contribution in [2.45, 2.75) is 19.9 Å². The normalized spacial score (nSPS) is 10.4. The lowest BCUT2D eigenvalue weighted by atomic mass is 10.2. The van der Waals surface area contributed by atoms with Crippen molar-refractivity contribution in [3.63, 3.8) is 0 Å². The van der Waals surface area contributed by atoms with E-state index in [0.29, 0.717) is 13.2 Å². The first-order valence-electron chi connectivity index (χ1n) is 7.40. The Bertz CT molecular complexity index is 554. The second kappa shape index (κ2) is 8.32. The molecule has 2 rings (SSSR count). The zero-order valence-electron chi connectivity index (χ0n) is 12.8. The number of benzene rings is 2. The molecule has 112 valence electrons. The van der Waals surface area contributed by atoms with Crippen molar-refractivity contribution >= 4 is 0 Å². The quantitative estimate of drug-likeness (QED) is 0.754. The smallest absolute Gasteiger partial charge is 0.123 e. The van der Waals surface area contributed by atoms with Gasteiger partial charge in [0.1, 0.15) is 24.7 Å². The van der Waals surface area contributed by atoms with Gasteiger partial charge in [-0.1, -0.05) is 37.3 Å². The van der Waals surface area contributed by atoms with Crippen LogP contribution in [0.1, 0.15) is 18.1 Å². The van der Waals surface area contributed by atoms with Gasteiger partial charge in [0.25, 0.3) is 0 Å². The number of rotatable bonds is 8. The molecule has 0 spiro atoms. The van der Waals surface area contributed by atoms with Crippen LogP contribution in [0.3, 0.4) is 0 Å². The Balaban J connectivity index is 1.81. The van der Waals surface area contributed by atoms with Gasteiger partial charge in [-0.3, -0.25) is 0 Å². The third-order valence-corrected chi connectivity index (χ3v) is 3.26. The summed E-state index contributed by atoms with van der Waals surface area (Å²) in [6, 6.07) is 16.3. The zero-order valence-corrected chi connectivity index (χ0v) is 12.8. The Morgan fingerprint density at radius 1 is 0.952 bits per heavy atom. The molecule has 2 aromatic rings. The topological polar surface area (TPSA) is 30.5 Å². The Morgan fingerprint density at radius 3 is 2.57 bits per heavy atom. The van der Waals surface area contributed by atoms with E-state index in [0.717, 1.165) is 30.0 Å². The molecule has 0 aliphatic heterocycles. The fraction of sp³-hybridized carbons (Fsp3) is 0.333. The number of para-hydroxylation sites is 1. The fourth-order valence-corrected chi connectivity index (χ4v) is 2.15. The molecular formula is C18H23NO2. The van der Waals surface area contributed by atoms with Crippen LogP contribution < -0.4 is 14.8 Å². The molecule has 0 amide bonds. The molecule has 0 atom stereocenters. The minimum atomic E-state index is 0.539. The van der Waals surface area contributed by atoms with Crippen LogP contribution in [0.5, 0.6) is 11.5 Å².